The minimum Gasteiger partial charge on any atom is -0.286 e. The normalized spacial score (nSPS) is 18.1. The number of nitrogens with zero attached hydrogens (tertiary/aromatic N) is 3. The zero-order valence-corrected chi connectivity index (χ0v) is 12.4. The average molecular weight is 317 g/mol. The highest BCUT2D eigenvalue weighted by atomic mass is 16.6. The third kappa shape index (κ3) is 2.16. The highest BCUT2D eigenvalue weighted by molar-refractivity contribution is 6.30. The molecular formula is C18H11N3O3. The monoisotopic (exact) mass is 317 g/mol. The summed E-state index contributed by atoms with van der Waals surface area (Å²) in [6.45, 7) is 0. The second-order valence-corrected chi connectivity index (χ2v) is 5.48. The first-order valence-corrected chi connectivity index (χ1v) is 7.35. The fourth-order valence-corrected chi connectivity index (χ4v) is 2.92. The van der Waals surface area contributed by atoms with E-state index in [0.717, 1.165) is 10.9 Å². The molecule has 3 aromatic rings. The van der Waals surface area contributed by atoms with Crippen LogP contribution in [0, 0.1) is 10.1 Å². The summed E-state index contributed by atoms with van der Waals surface area (Å²) >= 11 is 0. The van der Waals surface area contributed by atoms with Gasteiger partial charge in [-0.3, -0.25) is 19.9 Å². The molecule has 0 radical (unpaired) electrons. The summed E-state index contributed by atoms with van der Waals surface area (Å²) in [7, 11) is 0. The van der Waals surface area contributed by atoms with Crippen LogP contribution < -0.4 is 0 Å². The van der Waals surface area contributed by atoms with Gasteiger partial charge in [0.25, 0.3) is 0 Å². The van der Waals surface area contributed by atoms with Gasteiger partial charge in [-0.15, -0.1) is 0 Å². The predicted octanol–water partition coefficient (Wildman–Crippen LogP) is 3.20. The molecule has 6 heteroatoms. The minimum atomic E-state index is -1.46. The van der Waals surface area contributed by atoms with Crippen LogP contribution in [0.4, 0.5) is 5.69 Å². The number of carbonyl (C=O) groups is 1. The molecule has 1 atom stereocenters. The lowest BCUT2D eigenvalue weighted by Gasteiger charge is -2.04. The molecule has 6 nitrogen and oxygen atoms in total. The second-order valence-electron chi connectivity index (χ2n) is 5.48. The molecule has 0 unspecified atom stereocenters. The molecule has 1 aliphatic carbocycles. The lowest BCUT2D eigenvalue weighted by atomic mass is 10.1. The lowest BCUT2D eigenvalue weighted by molar-refractivity contribution is -0.485. The van der Waals surface area contributed by atoms with Crippen molar-refractivity contribution in [2.24, 2.45) is 4.99 Å². The molecule has 1 aromatic heterocycles. The van der Waals surface area contributed by atoms with Gasteiger partial charge in [0.15, 0.2) is 0 Å². The summed E-state index contributed by atoms with van der Waals surface area (Å²) in [4.78, 5) is 31.8. The zero-order chi connectivity index (χ0) is 16.7. The number of rotatable bonds is 2. The molecule has 1 aliphatic rings. The first-order valence-electron chi connectivity index (χ1n) is 7.35. The van der Waals surface area contributed by atoms with Crippen molar-refractivity contribution in [2.45, 2.75) is 6.04 Å². The molecule has 0 fully saturated rings. The molecule has 0 aliphatic heterocycles. The Morgan fingerprint density at radius 1 is 1.04 bits per heavy atom. The Labute approximate surface area is 136 Å². The number of hydrogen-bond acceptors (Lipinski definition) is 5. The standard InChI is InChI=1S/C18H11N3O3/c22-18-14-6-2-1-5-13(14)16(17(18)21(23)24)20-12-8-7-11-4-3-9-19-15(11)10-12/h1-10,17H/t17-/m1/s1. The maximum absolute atomic E-state index is 12.3. The van der Waals surface area contributed by atoms with E-state index in [0.29, 0.717) is 16.8 Å². The molecule has 0 N–H and O–H groups in total. The molecule has 0 spiro atoms. The molecule has 116 valence electrons. The summed E-state index contributed by atoms with van der Waals surface area (Å²) < 4.78 is 0. The topological polar surface area (TPSA) is 85.5 Å². The van der Waals surface area contributed by atoms with Crippen LogP contribution in [0.25, 0.3) is 10.9 Å². The van der Waals surface area contributed by atoms with E-state index in [-0.39, 0.29) is 5.71 Å². The van der Waals surface area contributed by atoms with E-state index in [2.05, 4.69) is 9.98 Å². The molecule has 24 heavy (non-hydrogen) atoms. The first-order chi connectivity index (χ1) is 11.6. The summed E-state index contributed by atoms with van der Waals surface area (Å²) in [5.41, 5.74) is 2.32. The number of ketones is 1. The maximum Gasteiger partial charge on any atom is 0.316 e. The number of nitro groups is 1. The maximum atomic E-state index is 12.3. The van der Waals surface area contributed by atoms with E-state index in [4.69, 9.17) is 0 Å². The second kappa shape index (κ2) is 5.34. The van der Waals surface area contributed by atoms with Gasteiger partial charge in [0.2, 0.25) is 5.78 Å². The largest absolute Gasteiger partial charge is 0.316 e. The molecular weight excluding hydrogens is 306 g/mol. The Morgan fingerprint density at radius 2 is 1.83 bits per heavy atom. The van der Waals surface area contributed by atoms with Crippen LogP contribution in [0.5, 0.6) is 0 Å². The smallest absolute Gasteiger partial charge is 0.286 e. The van der Waals surface area contributed by atoms with Gasteiger partial charge in [-0.05, 0) is 18.2 Å². The van der Waals surface area contributed by atoms with E-state index < -0.39 is 16.7 Å². The molecule has 0 saturated heterocycles. The quantitative estimate of drug-likeness (QED) is 0.536. The van der Waals surface area contributed by atoms with Gasteiger partial charge in [-0.1, -0.05) is 36.4 Å². The van der Waals surface area contributed by atoms with Crippen molar-refractivity contribution in [3.63, 3.8) is 0 Å². The van der Waals surface area contributed by atoms with Crippen LogP contribution in [0.2, 0.25) is 0 Å². The summed E-state index contributed by atoms with van der Waals surface area (Å²) in [6.07, 6.45) is 1.67. The molecule has 0 saturated carbocycles. The highest BCUT2D eigenvalue weighted by Crippen LogP contribution is 2.28. The summed E-state index contributed by atoms with van der Waals surface area (Å²) in [6, 6.07) is 14.4. The van der Waals surface area contributed by atoms with Gasteiger partial charge in [0, 0.05) is 27.6 Å². The van der Waals surface area contributed by atoms with Gasteiger partial charge >= 0.3 is 6.04 Å². The molecule has 2 aromatic carbocycles. The number of aromatic nitrogens is 1. The zero-order valence-electron chi connectivity index (χ0n) is 12.4. The van der Waals surface area contributed by atoms with Crippen LogP contribution in [0.3, 0.4) is 0 Å². The van der Waals surface area contributed by atoms with E-state index in [9.17, 15) is 14.9 Å². The highest BCUT2D eigenvalue weighted by Gasteiger charge is 2.45. The number of benzene rings is 2. The number of pyridine rings is 1. The third-order valence-corrected chi connectivity index (χ3v) is 4.03. The van der Waals surface area contributed by atoms with Crippen molar-refractivity contribution in [3.05, 3.63) is 82.0 Å². The van der Waals surface area contributed by atoms with E-state index in [1.54, 1.807) is 42.6 Å². The number of Topliss-reactive ketones (excluding diaryl/α,β-unsaturated/α-hetero) is 1. The average Bonchev–Trinajstić information content (AvgIpc) is 2.87. The Bertz CT molecular complexity index is 1030. The summed E-state index contributed by atoms with van der Waals surface area (Å²) in [5.74, 6) is -0.520. The van der Waals surface area contributed by atoms with Gasteiger partial charge in [-0.2, -0.15) is 0 Å². The van der Waals surface area contributed by atoms with Crippen LogP contribution in [-0.4, -0.2) is 27.4 Å². The van der Waals surface area contributed by atoms with Crippen LogP contribution in [0.15, 0.2) is 65.8 Å². The molecule has 0 bridgehead atoms. The van der Waals surface area contributed by atoms with Crippen molar-refractivity contribution >= 4 is 28.1 Å². The SMILES string of the molecule is O=C1c2ccccc2C(=Nc2ccc3cccnc3c2)[C@H]1[N+](=O)[O-]. The molecule has 1 heterocycles. The fraction of sp³-hybridized carbons (Fsp3) is 0.0556. The van der Waals surface area contributed by atoms with Crippen molar-refractivity contribution in [1.29, 1.82) is 0 Å². The van der Waals surface area contributed by atoms with E-state index in [1.807, 2.05) is 18.2 Å². The van der Waals surface area contributed by atoms with Crippen molar-refractivity contribution in [2.75, 3.05) is 0 Å². The predicted molar refractivity (Wildman–Crippen MR) is 89.5 cm³/mol. The van der Waals surface area contributed by atoms with E-state index in [1.165, 1.54) is 0 Å². The first kappa shape index (κ1) is 14.2. The molecule has 0 amide bonds. The van der Waals surface area contributed by atoms with Crippen LogP contribution >= 0.6 is 0 Å². The van der Waals surface area contributed by atoms with Crippen LogP contribution in [-0.2, 0) is 0 Å². The van der Waals surface area contributed by atoms with Gasteiger partial charge in [0.1, 0.15) is 5.71 Å². The third-order valence-electron chi connectivity index (χ3n) is 4.03. The Balaban J connectivity index is 1.89. The summed E-state index contributed by atoms with van der Waals surface area (Å²) in [5, 5.41) is 12.3. The fourth-order valence-electron chi connectivity index (χ4n) is 2.92. The number of fused-ring (bicyclic) bond motifs is 2. The Morgan fingerprint density at radius 3 is 2.62 bits per heavy atom. The Hall–Kier alpha value is -3.41. The van der Waals surface area contributed by atoms with Crippen LogP contribution in [0.1, 0.15) is 15.9 Å². The van der Waals surface area contributed by atoms with Gasteiger partial charge < -0.3 is 0 Å². The minimum absolute atomic E-state index is 0.177. The van der Waals surface area contributed by atoms with Gasteiger partial charge in [0.05, 0.1) is 11.2 Å². The van der Waals surface area contributed by atoms with Crippen molar-refractivity contribution < 1.29 is 9.72 Å². The lowest BCUT2D eigenvalue weighted by Crippen LogP contribution is -2.31. The number of carbonyl (C=O) groups excluding carboxylic acids is 1. The number of hydrogen-bond donors (Lipinski definition) is 0. The Kier molecular flexibility index (Phi) is 3.16. The molecule has 4 rings (SSSR count). The van der Waals surface area contributed by atoms with Gasteiger partial charge in [-0.25, -0.2) is 4.99 Å². The number of aliphatic imine (C=N–C) groups is 1. The van der Waals surface area contributed by atoms with Crippen molar-refractivity contribution in [1.82, 2.24) is 4.98 Å². The van der Waals surface area contributed by atoms with Crippen molar-refractivity contribution in [3.8, 4) is 0 Å². The van der Waals surface area contributed by atoms with E-state index >= 15 is 0 Å².